The predicted molar refractivity (Wildman–Crippen MR) is 110 cm³/mol. The van der Waals surface area contributed by atoms with E-state index in [1.807, 2.05) is 0 Å². The number of rotatable bonds is 8. The molecule has 8 nitrogen and oxygen atoms in total. The van der Waals surface area contributed by atoms with E-state index in [0.717, 1.165) is 0 Å². The van der Waals surface area contributed by atoms with E-state index in [9.17, 15) is 14.4 Å². The third-order valence-electron chi connectivity index (χ3n) is 4.30. The first-order valence-corrected chi connectivity index (χ1v) is 9.05. The number of nitrogens with one attached hydrogen (secondary N) is 3. The van der Waals surface area contributed by atoms with Crippen molar-refractivity contribution < 1.29 is 15.8 Å². The molecule has 29 heavy (non-hydrogen) atoms. The molecule has 0 spiro atoms. The molecule has 0 bridgehead atoms. The lowest BCUT2D eigenvalue weighted by Crippen LogP contribution is -2.51. The van der Waals surface area contributed by atoms with E-state index in [2.05, 4.69) is 5.32 Å². The van der Waals surface area contributed by atoms with Crippen molar-refractivity contribution in [3.05, 3.63) is 71.3 Å². The normalized spacial score (nSPS) is 13.1. The van der Waals surface area contributed by atoms with E-state index in [1.165, 1.54) is 18.2 Å². The van der Waals surface area contributed by atoms with Gasteiger partial charge < -0.3 is 22.1 Å². The van der Waals surface area contributed by atoms with Gasteiger partial charge in [-0.05, 0) is 23.6 Å². The maximum Gasteiger partial charge on any atom is 0.252 e. The van der Waals surface area contributed by atoms with Crippen LogP contribution in [0.2, 0.25) is 1.41 Å². The number of hydrogen-bond donors (Lipinski definition) is 5. The topological polar surface area (TPSA) is 151 Å². The van der Waals surface area contributed by atoms with Crippen molar-refractivity contribution in [2.24, 2.45) is 17.4 Å². The number of nitrogen functional groups attached to an aromatic ring is 1. The molecule has 0 fully saturated rings. The van der Waals surface area contributed by atoms with Crippen LogP contribution in [0.25, 0.3) is 0 Å². The maximum absolute atomic E-state index is 13.0. The average Bonchev–Trinajstić information content (AvgIpc) is 2.71. The van der Waals surface area contributed by atoms with Gasteiger partial charge in [-0.25, -0.2) is 0 Å². The van der Waals surface area contributed by atoms with Crippen LogP contribution in [0.5, 0.6) is 0 Å². The van der Waals surface area contributed by atoms with Crippen LogP contribution in [0, 0.1) is 11.3 Å². The molecule has 0 radical (unpaired) electrons. The summed E-state index contributed by atoms with van der Waals surface area (Å²) in [7, 11) is 0. The summed E-state index contributed by atoms with van der Waals surface area (Å²) < 4.78 is 8.40. The molecular formula is C21H25N5O3. The lowest BCUT2D eigenvalue weighted by Gasteiger charge is -2.24. The number of benzene rings is 2. The molecule has 0 saturated heterocycles. The Labute approximate surface area is 170 Å². The second-order valence-electron chi connectivity index (χ2n) is 6.87. The molecule has 0 aliphatic carbocycles. The highest BCUT2D eigenvalue weighted by molar-refractivity contribution is 6.01. The predicted octanol–water partition coefficient (Wildman–Crippen LogP) is 1.07. The fourth-order valence-corrected chi connectivity index (χ4v) is 2.73. The molecule has 8 heteroatoms. The average molecular weight is 396 g/mol. The molecule has 2 rings (SSSR count). The van der Waals surface area contributed by atoms with Crippen molar-refractivity contribution in [1.82, 2.24) is 10.6 Å². The molecule has 3 amide bonds. The van der Waals surface area contributed by atoms with E-state index >= 15 is 0 Å². The number of carbonyl (C=O) groups is 3. The van der Waals surface area contributed by atoms with Crippen molar-refractivity contribution in [3.63, 3.8) is 0 Å². The molecule has 0 unspecified atom stereocenters. The summed E-state index contributed by atoms with van der Waals surface area (Å²) in [6.45, 7) is 3.45. The van der Waals surface area contributed by atoms with Gasteiger partial charge >= 0.3 is 0 Å². The Bertz CT molecular complexity index is 949. The number of nitrogens with two attached hydrogens (primary N) is 2. The van der Waals surface area contributed by atoms with Crippen LogP contribution in [-0.2, 0) is 9.59 Å². The molecule has 2 aromatic carbocycles. The quantitative estimate of drug-likeness (QED) is 0.335. The Morgan fingerprint density at radius 1 is 1.00 bits per heavy atom. The van der Waals surface area contributed by atoms with Crippen molar-refractivity contribution in [2.75, 3.05) is 0 Å². The second kappa shape index (κ2) is 9.50. The van der Waals surface area contributed by atoms with Gasteiger partial charge in [0, 0.05) is 11.1 Å². The van der Waals surface area contributed by atoms with Crippen LogP contribution < -0.4 is 22.1 Å². The third kappa shape index (κ3) is 5.65. The van der Waals surface area contributed by atoms with Gasteiger partial charge in [-0.1, -0.05) is 56.3 Å². The lowest BCUT2D eigenvalue weighted by atomic mass is 10.0. The monoisotopic (exact) mass is 396 g/mol. The van der Waals surface area contributed by atoms with Gasteiger partial charge in [-0.15, -0.1) is 0 Å². The van der Waals surface area contributed by atoms with Crippen molar-refractivity contribution in [2.45, 2.75) is 25.9 Å². The van der Waals surface area contributed by atoms with Gasteiger partial charge in [-0.2, -0.15) is 0 Å². The highest BCUT2D eigenvalue weighted by atomic mass is 16.2. The first-order valence-electron chi connectivity index (χ1n) is 9.49. The van der Waals surface area contributed by atoms with Crippen LogP contribution in [0.4, 0.5) is 0 Å². The molecule has 0 aromatic heterocycles. The molecular weight excluding hydrogens is 370 g/mol. The van der Waals surface area contributed by atoms with Crippen LogP contribution in [0.15, 0.2) is 54.6 Å². The van der Waals surface area contributed by atoms with Gasteiger partial charge in [0.1, 0.15) is 17.9 Å². The number of hydrogen-bond acceptors (Lipinski definition) is 4. The van der Waals surface area contributed by atoms with Crippen molar-refractivity contribution in [3.8, 4) is 0 Å². The largest absolute Gasteiger partial charge is 0.384 e. The van der Waals surface area contributed by atoms with Crippen molar-refractivity contribution in [1.29, 1.82) is 5.41 Å². The molecule has 2 atom stereocenters. The summed E-state index contributed by atoms with van der Waals surface area (Å²) in [5.74, 6) is -2.67. The number of amidine groups is 1. The highest BCUT2D eigenvalue weighted by Crippen LogP contribution is 2.16. The van der Waals surface area contributed by atoms with Crippen LogP contribution in [0.1, 0.15) is 41.4 Å². The molecule has 0 heterocycles. The zero-order valence-electron chi connectivity index (χ0n) is 17.3. The maximum atomic E-state index is 13.0. The zero-order valence-corrected chi connectivity index (χ0v) is 16.3. The van der Waals surface area contributed by atoms with Crippen LogP contribution in [0.3, 0.4) is 0 Å². The van der Waals surface area contributed by atoms with Crippen molar-refractivity contribution >= 4 is 23.6 Å². The fraction of sp³-hybridized carbons (Fsp3) is 0.238. The first kappa shape index (κ1) is 20.1. The highest BCUT2D eigenvalue weighted by Gasteiger charge is 2.28. The molecule has 0 aliphatic heterocycles. The minimum atomic E-state index is -1.32. The van der Waals surface area contributed by atoms with E-state index in [4.69, 9.17) is 18.3 Å². The molecule has 0 aliphatic rings. The van der Waals surface area contributed by atoms with Gasteiger partial charge in [0.25, 0.3) is 5.91 Å². The van der Waals surface area contributed by atoms with Gasteiger partial charge in [0.05, 0.1) is 0 Å². The van der Waals surface area contributed by atoms with Gasteiger partial charge in [0.15, 0.2) is 1.41 Å². The Hall–Kier alpha value is -3.68. The van der Waals surface area contributed by atoms with E-state index in [-0.39, 0.29) is 17.3 Å². The lowest BCUT2D eigenvalue weighted by molar-refractivity contribution is -0.129. The summed E-state index contributed by atoms with van der Waals surface area (Å²) in [5.41, 5.74) is 11.7. The molecule has 7 N–H and O–H groups in total. The van der Waals surface area contributed by atoms with Crippen LogP contribution >= 0.6 is 0 Å². The Morgan fingerprint density at radius 2 is 1.62 bits per heavy atom. The summed E-state index contributed by atoms with van der Waals surface area (Å²) in [5, 5.41) is 10.6. The van der Waals surface area contributed by atoms with Gasteiger partial charge in [-0.3, -0.25) is 19.8 Å². The second-order valence-corrected chi connectivity index (χ2v) is 6.87. The molecule has 152 valence electrons. The van der Waals surface area contributed by atoms with Crippen LogP contribution in [-0.4, -0.2) is 29.6 Å². The minimum absolute atomic E-state index is 0.0988. The molecule has 2 aromatic rings. The van der Waals surface area contributed by atoms with E-state index < -0.39 is 29.8 Å². The van der Waals surface area contributed by atoms with E-state index in [1.54, 1.807) is 50.2 Å². The number of carbonyl (C=O) groups excluding carboxylic acids is 3. The number of primary amides is 1. The Morgan fingerprint density at radius 3 is 2.17 bits per heavy atom. The summed E-state index contributed by atoms with van der Waals surface area (Å²) in [4.78, 5) is 37.7. The summed E-state index contributed by atoms with van der Waals surface area (Å²) in [6, 6.07) is 12.0. The fourth-order valence-electron chi connectivity index (χ4n) is 2.73. The SMILES string of the molecule is [2H]N(C(=O)c1cccc(C(=N)N)c1)[C@@H](C(=O)N[C@H](C(N)=O)C(C)C)c1ccccc1. The third-order valence-corrected chi connectivity index (χ3v) is 4.30. The van der Waals surface area contributed by atoms with Gasteiger partial charge in [0.2, 0.25) is 11.8 Å². The number of amides is 3. The summed E-state index contributed by atoms with van der Waals surface area (Å²) in [6.07, 6.45) is 0. The molecule has 0 saturated carbocycles. The first-order chi connectivity index (χ1) is 14.1. The summed E-state index contributed by atoms with van der Waals surface area (Å²) >= 11 is 0. The standard InChI is InChI=1S/C21H25N5O3/c1-12(2)16(19(24)27)25-21(29)17(13-7-4-3-5-8-13)26-20(28)15-10-6-9-14(11-15)18(22)23/h3-12,16-17H,1-2H3,(H3,22,23)(H2,24,27)(H,25,29)(H,26,28)/t16-,17+/m0/s1/i/hD. The zero-order chi connectivity index (χ0) is 22.4. The minimum Gasteiger partial charge on any atom is -0.384 e. The Kier molecular flexibility index (Phi) is 6.57. The Balaban J connectivity index is 2.41. The smallest absolute Gasteiger partial charge is 0.252 e. The van der Waals surface area contributed by atoms with E-state index in [0.29, 0.717) is 16.4 Å².